The summed E-state index contributed by atoms with van der Waals surface area (Å²) in [6, 6.07) is 3.67. The highest BCUT2D eigenvalue weighted by molar-refractivity contribution is 5.72. The molecular weight excluding hydrogens is 206 g/mol. The molecule has 0 aromatic carbocycles. The van der Waals surface area contributed by atoms with E-state index >= 15 is 0 Å². The maximum atomic E-state index is 10.9. The molecule has 0 saturated heterocycles. The lowest BCUT2D eigenvalue weighted by atomic mass is 10.1. The summed E-state index contributed by atoms with van der Waals surface area (Å²) in [5.74, 6) is -0.891. The van der Waals surface area contributed by atoms with Crippen LogP contribution >= 0.6 is 0 Å². The Morgan fingerprint density at radius 3 is 3.00 bits per heavy atom. The fourth-order valence-electron chi connectivity index (χ4n) is 1.35. The highest BCUT2D eigenvalue weighted by Crippen LogP contribution is 2.08. The number of carboxylic acid groups (broad SMARTS) is 1. The molecule has 1 aromatic heterocycles. The zero-order valence-electron chi connectivity index (χ0n) is 9.43. The number of rotatable bonds is 7. The Kier molecular flexibility index (Phi) is 5.50. The maximum absolute atomic E-state index is 10.9. The lowest BCUT2D eigenvalue weighted by Gasteiger charge is -2.12. The predicted octanol–water partition coefficient (Wildman–Crippen LogP) is 2.24. The third kappa shape index (κ3) is 4.40. The van der Waals surface area contributed by atoms with Gasteiger partial charge in [-0.25, -0.2) is 4.79 Å². The molecule has 0 spiro atoms. The number of unbranched alkanes of at least 4 members (excludes halogenated alkanes) is 1. The van der Waals surface area contributed by atoms with Crippen molar-refractivity contribution in [3.05, 3.63) is 30.1 Å². The highest BCUT2D eigenvalue weighted by Gasteiger charge is 2.16. The van der Waals surface area contributed by atoms with E-state index in [-0.39, 0.29) is 0 Å². The number of nitrogens with zero attached hydrogens (tertiary/aromatic N) is 1. The van der Waals surface area contributed by atoms with Gasteiger partial charge in [0, 0.05) is 12.4 Å². The van der Waals surface area contributed by atoms with Crippen molar-refractivity contribution in [1.82, 2.24) is 4.98 Å². The van der Waals surface area contributed by atoms with Crippen molar-refractivity contribution in [3.8, 4) is 0 Å². The van der Waals surface area contributed by atoms with Gasteiger partial charge in [-0.15, -0.1) is 0 Å². The van der Waals surface area contributed by atoms with Crippen LogP contribution in [0.2, 0.25) is 0 Å². The zero-order valence-corrected chi connectivity index (χ0v) is 9.43. The average Bonchev–Trinajstić information content (AvgIpc) is 2.30. The number of carboxylic acids is 1. The van der Waals surface area contributed by atoms with Crippen LogP contribution in [-0.4, -0.2) is 22.2 Å². The molecule has 1 atom stereocenters. The van der Waals surface area contributed by atoms with Gasteiger partial charge in [0.1, 0.15) is 0 Å². The van der Waals surface area contributed by atoms with E-state index in [9.17, 15) is 4.79 Å². The molecule has 0 bridgehead atoms. The quantitative estimate of drug-likeness (QED) is 0.770. The monoisotopic (exact) mass is 223 g/mol. The average molecular weight is 223 g/mol. The number of hydrogen-bond donors (Lipinski definition) is 1. The first-order valence-electron chi connectivity index (χ1n) is 5.47. The Morgan fingerprint density at radius 1 is 1.62 bits per heavy atom. The molecule has 0 fully saturated rings. The van der Waals surface area contributed by atoms with Crippen LogP contribution in [0.15, 0.2) is 24.5 Å². The third-order valence-electron chi connectivity index (χ3n) is 2.27. The summed E-state index contributed by atoms with van der Waals surface area (Å²) in [5, 5.41) is 8.94. The van der Waals surface area contributed by atoms with Crippen molar-refractivity contribution < 1.29 is 14.6 Å². The lowest BCUT2D eigenvalue weighted by molar-refractivity contribution is -0.151. The number of pyridine rings is 1. The van der Waals surface area contributed by atoms with Gasteiger partial charge < -0.3 is 9.84 Å². The summed E-state index contributed by atoms with van der Waals surface area (Å²) in [7, 11) is 0. The summed E-state index contributed by atoms with van der Waals surface area (Å²) in [5.41, 5.74) is 0.894. The molecule has 0 amide bonds. The van der Waals surface area contributed by atoms with Crippen LogP contribution in [0.1, 0.15) is 31.7 Å². The number of aliphatic carboxylic acids is 1. The summed E-state index contributed by atoms with van der Waals surface area (Å²) >= 11 is 0. The van der Waals surface area contributed by atoms with Gasteiger partial charge in [-0.2, -0.15) is 0 Å². The van der Waals surface area contributed by atoms with E-state index in [2.05, 4.69) is 4.98 Å². The molecule has 0 aliphatic rings. The molecule has 16 heavy (non-hydrogen) atoms. The second-order valence-electron chi connectivity index (χ2n) is 3.64. The van der Waals surface area contributed by atoms with E-state index in [1.54, 1.807) is 18.5 Å². The molecule has 1 N–H and O–H groups in total. The minimum Gasteiger partial charge on any atom is -0.479 e. The van der Waals surface area contributed by atoms with E-state index in [1.165, 1.54) is 0 Å². The van der Waals surface area contributed by atoms with Gasteiger partial charge in [0.25, 0.3) is 0 Å². The van der Waals surface area contributed by atoms with Crippen molar-refractivity contribution in [2.45, 2.75) is 38.9 Å². The minimum atomic E-state index is -0.891. The van der Waals surface area contributed by atoms with Gasteiger partial charge in [0.15, 0.2) is 6.10 Å². The molecule has 0 radical (unpaired) electrons. The molecule has 4 nitrogen and oxygen atoms in total. The van der Waals surface area contributed by atoms with Crippen molar-refractivity contribution in [2.24, 2.45) is 0 Å². The van der Waals surface area contributed by atoms with Gasteiger partial charge in [-0.3, -0.25) is 4.98 Å². The van der Waals surface area contributed by atoms with E-state index < -0.39 is 12.1 Å². The normalized spacial score (nSPS) is 12.3. The van der Waals surface area contributed by atoms with Gasteiger partial charge in [-0.1, -0.05) is 25.8 Å². The van der Waals surface area contributed by atoms with Crippen molar-refractivity contribution in [3.63, 3.8) is 0 Å². The van der Waals surface area contributed by atoms with E-state index in [0.717, 1.165) is 18.4 Å². The second kappa shape index (κ2) is 6.95. The molecule has 1 unspecified atom stereocenters. The molecule has 88 valence electrons. The summed E-state index contributed by atoms with van der Waals surface area (Å²) in [6.07, 6.45) is 5.05. The van der Waals surface area contributed by atoms with E-state index in [1.807, 2.05) is 13.0 Å². The largest absolute Gasteiger partial charge is 0.479 e. The van der Waals surface area contributed by atoms with Crippen LogP contribution in [0.25, 0.3) is 0 Å². The number of ether oxygens (including phenoxy) is 1. The fourth-order valence-corrected chi connectivity index (χ4v) is 1.35. The van der Waals surface area contributed by atoms with E-state index in [0.29, 0.717) is 13.0 Å². The Morgan fingerprint density at radius 2 is 2.44 bits per heavy atom. The first-order chi connectivity index (χ1) is 7.74. The van der Waals surface area contributed by atoms with Crippen LogP contribution in [-0.2, 0) is 16.1 Å². The number of hydrogen-bond acceptors (Lipinski definition) is 3. The Balaban J connectivity index is 2.41. The fraction of sp³-hybridized carbons (Fsp3) is 0.500. The Hall–Kier alpha value is -1.42. The summed E-state index contributed by atoms with van der Waals surface area (Å²) in [4.78, 5) is 14.8. The summed E-state index contributed by atoms with van der Waals surface area (Å²) in [6.45, 7) is 2.33. The smallest absolute Gasteiger partial charge is 0.332 e. The molecule has 0 saturated carbocycles. The van der Waals surface area contributed by atoms with Crippen LogP contribution < -0.4 is 0 Å². The molecule has 1 rings (SSSR count). The van der Waals surface area contributed by atoms with Crippen molar-refractivity contribution >= 4 is 5.97 Å². The van der Waals surface area contributed by atoms with Crippen LogP contribution in [0.4, 0.5) is 0 Å². The summed E-state index contributed by atoms with van der Waals surface area (Å²) < 4.78 is 5.35. The zero-order chi connectivity index (χ0) is 11.8. The second-order valence-corrected chi connectivity index (χ2v) is 3.64. The predicted molar refractivity (Wildman–Crippen MR) is 60.0 cm³/mol. The lowest BCUT2D eigenvalue weighted by Crippen LogP contribution is -2.23. The topological polar surface area (TPSA) is 59.4 Å². The number of aromatic nitrogens is 1. The first kappa shape index (κ1) is 12.6. The SMILES string of the molecule is CCCCC(OCc1cccnc1)C(=O)O. The van der Waals surface area contributed by atoms with Crippen molar-refractivity contribution in [1.29, 1.82) is 0 Å². The molecule has 1 aromatic rings. The molecule has 4 heteroatoms. The van der Waals surface area contributed by atoms with Crippen LogP contribution in [0.5, 0.6) is 0 Å². The van der Waals surface area contributed by atoms with Gasteiger partial charge in [0.2, 0.25) is 0 Å². The maximum Gasteiger partial charge on any atom is 0.332 e. The van der Waals surface area contributed by atoms with Gasteiger partial charge in [-0.05, 0) is 18.1 Å². The molecule has 0 aliphatic carbocycles. The van der Waals surface area contributed by atoms with Crippen molar-refractivity contribution in [2.75, 3.05) is 0 Å². The first-order valence-corrected chi connectivity index (χ1v) is 5.47. The standard InChI is InChI=1S/C12H17NO3/c1-2-3-6-11(12(14)15)16-9-10-5-4-7-13-8-10/h4-5,7-8,11H,2-3,6,9H2,1H3,(H,14,15). The van der Waals surface area contributed by atoms with Gasteiger partial charge >= 0.3 is 5.97 Å². The van der Waals surface area contributed by atoms with Gasteiger partial charge in [0.05, 0.1) is 6.61 Å². The highest BCUT2D eigenvalue weighted by atomic mass is 16.5. The third-order valence-corrected chi connectivity index (χ3v) is 2.27. The van der Waals surface area contributed by atoms with Crippen LogP contribution in [0.3, 0.4) is 0 Å². The molecular formula is C12H17NO3. The Bertz CT molecular complexity index is 313. The Labute approximate surface area is 95.3 Å². The molecule has 0 aliphatic heterocycles. The number of carbonyl (C=O) groups is 1. The van der Waals surface area contributed by atoms with Crippen LogP contribution in [0, 0.1) is 0 Å². The minimum absolute atomic E-state index is 0.300. The van der Waals surface area contributed by atoms with E-state index in [4.69, 9.17) is 9.84 Å². The molecule has 1 heterocycles.